The first-order chi connectivity index (χ1) is 9.17. The number of aromatic nitrogens is 1. The van der Waals surface area contributed by atoms with Gasteiger partial charge in [-0.25, -0.2) is 4.98 Å². The van der Waals surface area contributed by atoms with Crippen molar-refractivity contribution in [2.24, 2.45) is 5.92 Å². The Balaban J connectivity index is 2.79. The molecule has 1 heterocycles. The second kappa shape index (κ2) is 7.41. The van der Waals surface area contributed by atoms with Gasteiger partial charge < -0.3 is 10.1 Å². The summed E-state index contributed by atoms with van der Waals surface area (Å²) in [5.41, 5.74) is 1.16. The maximum absolute atomic E-state index is 6.00. The van der Waals surface area contributed by atoms with Gasteiger partial charge in [-0.1, -0.05) is 13.8 Å². The van der Waals surface area contributed by atoms with Crippen molar-refractivity contribution >= 4 is 15.9 Å². The predicted molar refractivity (Wildman–Crippen MR) is 88.1 cm³/mol. The van der Waals surface area contributed by atoms with Crippen molar-refractivity contribution in [3.05, 3.63) is 22.3 Å². The smallest absolute Gasteiger partial charge is 0.218 e. The number of hydrogen-bond acceptors (Lipinski definition) is 3. The van der Waals surface area contributed by atoms with Crippen LogP contribution < -0.4 is 10.1 Å². The van der Waals surface area contributed by atoms with E-state index in [0.717, 1.165) is 28.9 Å². The summed E-state index contributed by atoms with van der Waals surface area (Å²) in [6.45, 7) is 13.7. The van der Waals surface area contributed by atoms with Crippen LogP contribution in [0.1, 0.15) is 53.5 Å². The Bertz CT molecular complexity index is 427. The molecule has 0 saturated heterocycles. The molecule has 3 nitrogen and oxygen atoms in total. The molecule has 20 heavy (non-hydrogen) atoms. The third-order valence-corrected chi connectivity index (χ3v) is 3.25. The fourth-order valence-corrected chi connectivity index (χ4v) is 2.34. The Morgan fingerprint density at radius 3 is 2.50 bits per heavy atom. The molecule has 0 aromatic carbocycles. The molecular weight excluding hydrogens is 316 g/mol. The number of pyridine rings is 1. The lowest BCUT2D eigenvalue weighted by Crippen LogP contribution is -2.35. The fourth-order valence-electron chi connectivity index (χ4n) is 1.96. The number of rotatable bonds is 6. The Hall–Kier alpha value is -0.610. The minimum atomic E-state index is 0.0726. The minimum Gasteiger partial charge on any atom is -0.474 e. The van der Waals surface area contributed by atoms with E-state index in [0.29, 0.717) is 5.92 Å². The van der Waals surface area contributed by atoms with Gasteiger partial charge in [0.05, 0.1) is 6.10 Å². The maximum Gasteiger partial charge on any atom is 0.218 e. The van der Waals surface area contributed by atoms with Gasteiger partial charge in [-0.15, -0.1) is 0 Å². The van der Waals surface area contributed by atoms with Crippen molar-refractivity contribution in [2.45, 2.75) is 66.2 Å². The number of ether oxygens (including phenoxy) is 1. The average molecular weight is 343 g/mol. The molecule has 0 amide bonds. The molecule has 0 bridgehead atoms. The Kier molecular flexibility index (Phi) is 6.46. The summed E-state index contributed by atoms with van der Waals surface area (Å²) in [6, 6.07) is 2.07. The minimum absolute atomic E-state index is 0.0726. The van der Waals surface area contributed by atoms with Gasteiger partial charge in [0.2, 0.25) is 5.88 Å². The molecule has 4 heteroatoms. The highest BCUT2D eigenvalue weighted by Crippen LogP contribution is 2.23. The molecule has 1 atom stereocenters. The summed E-state index contributed by atoms with van der Waals surface area (Å²) < 4.78 is 6.98. The van der Waals surface area contributed by atoms with Gasteiger partial charge in [0.25, 0.3) is 0 Å². The van der Waals surface area contributed by atoms with Gasteiger partial charge >= 0.3 is 0 Å². The van der Waals surface area contributed by atoms with Gasteiger partial charge in [0.15, 0.2) is 0 Å². The zero-order valence-corrected chi connectivity index (χ0v) is 15.0. The first kappa shape index (κ1) is 17.4. The molecule has 0 aliphatic carbocycles. The highest BCUT2D eigenvalue weighted by molar-refractivity contribution is 9.10. The van der Waals surface area contributed by atoms with Crippen molar-refractivity contribution in [1.29, 1.82) is 0 Å². The number of hydrogen-bond donors (Lipinski definition) is 1. The molecular formula is C16H27BrN2O. The normalized spacial score (nSPS) is 13.6. The van der Waals surface area contributed by atoms with E-state index in [1.807, 2.05) is 0 Å². The van der Waals surface area contributed by atoms with E-state index in [1.54, 1.807) is 6.20 Å². The summed E-state index contributed by atoms with van der Waals surface area (Å²) in [5.74, 6) is 1.36. The number of nitrogens with zero attached hydrogens (tertiary/aromatic N) is 1. The molecule has 1 rings (SSSR count). The second-order valence-electron chi connectivity index (χ2n) is 6.78. The molecule has 0 radical (unpaired) electrons. The molecule has 0 saturated carbocycles. The molecule has 0 spiro atoms. The van der Waals surface area contributed by atoms with Crippen LogP contribution in [0.25, 0.3) is 0 Å². The molecule has 0 aliphatic rings. The Morgan fingerprint density at radius 2 is 1.95 bits per heavy atom. The van der Waals surface area contributed by atoms with Crippen molar-refractivity contribution in [1.82, 2.24) is 10.3 Å². The highest BCUT2D eigenvalue weighted by Gasteiger charge is 2.15. The second-order valence-corrected chi connectivity index (χ2v) is 7.70. The maximum atomic E-state index is 6.00. The van der Waals surface area contributed by atoms with Crippen molar-refractivity contribution in [2.75, 3.05) is 0 Å². The van der Waals surface area contributed by atoms with Crippen molar-refractivity contribution in [3.8, 4) is 5.88 Å². The summed E-state index contributed by atoms with van der Waals surface area (Å²) in [4.78, 5) is 4.42. The van der Waals surface area contributed by atoms with Gasteiger partial charge in [-0.05, 0) is 62.0 Å². The predicted octanol–water partition coefficient (Wildman–Crippen LogP) is 4.55. The number of nitrogens with one attached hydrogen (secondary N) is 1. The van der Waals surface area contributed by atoms with E-state index in [9.17, 15) is 0 Å². The lowest BCUT2D eigenvalue weighted by molar-refractivity contribution is 0.183. The number of halogens is 1. The fraction of sp³-hybridized carbons (Fsp3) is 0.688. The zero-order valence-electron chi connectivity index (χ0n) is 13.5. The average Bonchev–Trinajstić information content (AvgIpc) is 2.27. The monoisotopic (exact) mass is 342 g/mol. The van der Waals surface area contributed by atoms with E-state index in [4.69, 9.17) is 4.74 Å². The molecule has 0 aliphatic heterocycles. The van der Waals surface area contributed by atoms with Crippen LogP contribution in [-0.4, -0.2) is 16.6 Å². The Labute approximate surface area is 131 Å². The summed E-state index contributed by atoms with van der Waals surface area (Å²) >= 11 is 3.48. The SMILES string of the molecule is CC(C)CC(C)Oc1ncc(Br)cc1CNC(C)(C)C. The van der Waals surface area contributed by atoms with E-state index in [-0.39, 0.29) is 11.6 Å². The van der Waals surface area contributed by atoms with Crippen LogP contribution in [0, 0.1) is 5.92 Å². The van der Waals surface area contributed by atoms with Crippen LogP contribution in [0.15, 0.2) is 16.7 Å². The largest absolute Gasteiger partial charge is 0.474 e. The molecule has 1 N–H and O–H groups in total. The van der Waals surface area contributed by atoms with Crippen LogP contribution in [0.3, 0.4) is 0 Å². The Morgan fingerprint density at radius 1 is 1.30 bits per heavy atom. The summed E-state index contributed by atoms with van der Waals surface area (Å²) in [6.07, 6.45) is 3.00. The van der Waals surface area contributed by atoms with E-state index < -0.39 is 0 Å². The van der Waals surface area contributed by atoms with Gasteiger partial charge in [0, 0.05) is 28.3 Å². The summed E-state index contributed by atoms with van der Waals surface area (Å²) in [5, 5.41) is 3.48. The topological polar surface area (TPSA) is 34.1 Å². The van der Waals surface area contributed by atoms with Crippen LogP contribution in [-0.2, 0) is 6.54 Å². The van der Waals surface area contributed by atoms with Crippen LogP contribution >= 0.6 is 15.9 Å². The van der Waals surface area contributed by atoms with Crippen LogP contribution in [0.5, 0.6) is 5.88 Å². The summed E-state index contributed by atoms with van der Waals surface area (Å²) in [7, 11) is 0. The molecule has 0 fully saturated rings. The van der Waals surface area contributed by atoms with Gasteiger partial charge in [-0.3, -0.25) is 0 Å². The van der Waals surface area contributed by atoms with E-state index in [1.165, 1.54) is 0 Å². The van der Waals surface area contributed by atoms with Crippen LogP contribution in [0.4, 0.5) is 0 Å². The molecule has 1 unspecified atom stereocenters. The van der Waals surface area contributed by atoms with Crippen molar-refractivity contribution in [3.63, 3.8) is 0 Å². The van der Waals surface area contributed by atoms with E-state index in [2.05, 4.69) is 73.8 Å². The third kappa shape index (κ3) is 6.71. The van der Waals surface area contributed by atoms with Crippen molar-refractivity contribution < 1.29 is 4.74 Å². The first-order valence-electron chi connectivity index (χ1n) is 7.23. The lowest BCUT2D eigenvalue weighted by Gasteiger charge is -2.22. The molecule has 114 valence electrons. The zero-order chi connectivity index (χ0) is 15.3. The highest BCUT2D eigenvalue weighted by atomic mass is 79.9. The first-order valence-corrected chi connectivity index (χ1v) is 8.03. The molecule has 1 aromatic rings. The molecule has 1 aromatic heterocycles. The van der Waals surface area contributed by atoms with E-state index >= 15 is 0 Å². The lowest BCUT2D eigenvalue weighted by atomic mass is 10.1. The van der Waals surface area contributed by atoms with Gasteiger partial charge in [-0.2, -0.15) is 0 Å². The van der Waals surface area contributed by atoms with Crippen LogP contribution in [0.2, 0.25) is 0 Å². The third-order valence-electron chi connectivity index (χ3n) is 2.82. The van der Waals surface area contributed by atoms with Gasteiger partial charge in [0.1, 0.15) is 0 Å². The quantitative estimate of drug-likeness (QED) is 0.823. The standard InChI is InChI=1S/C16H27BrN2O/c1-11(2)7-12(3)20-15-13(8-14(17)10-18-15)9-19-16(4,5)6/h8,10-12,19H,7,9H2,1-6H3.